The summed E-state index contributed by atoms with van der Waals surface area (Å²) in [5.74, 6) is 2.00. The minimum atomic E-state index is 0.389. The second-order valence-electron chi connectivity index (χ2n) is 3.96. The van der Waals surface area contributed by atoms with Gasteiger partial charge in [0.1, 0.15) is 17.2 Å². The van der Waals surface area contributed by atoms with E-state index < -0.39 is 0 Å². The fourth-order valence-corrected chi connectivity index (χ4v) is 1.82. The zero-order chi connectivity index (χ0) is 11.0. The maximum Gasteiger partial charge on any atom is 0.149 e. The molecule has 0 aliphatic carbocycles. The molecule has 2 N–H and O–H groups in total. The van der Waals surface area contributed by atoms with Gasteiger partial charge in [-0.25, -0.2) is 9.97 Å². The Morgan fingerprint density at radius 3 is 2.80 bits per heavy atom. The first-order valence-corrected chi connectivity index (χ1v) is 5.26. The van der Waals surface area contributed by atoms with Gasteiger partial charge in [-0.3, -0.25) is 4.40 Å². The van der Waals surface area contributed by atoms with Crippen LogP contribution >= 0.6 is 0 Å². The lowest BCUT2D eigenvalue weighted by Gasteiger charge is -2.03. The molecule has 0 unspecified atom stereocenters. The molecule has 2 aromatic rings. The van der Waals surface area contributed by atoms with Crippen LogP contribution in [0.3, 0.4) is 0 Å². The second-order valence-corrected chi connectivity index (χ2v) is 3.96. The van der Waals surface area contributed by atoms with Gasteiger partial charge in [-0.15, -0.1) is 0 Å². The lowest BCUT2D eigenvalue weighted by atomic mass is 10.2. The number of nitrogen functional groups attached to an aromatic ring is 1. The molecule has 0 bridgehead atoms. The van der Waals surface area contributed by atoms with Crippen molar-refractivity contribution in [3.05, 3.63) is 23.9 Å². The maximum absolute atomic E-state index is 5.87. The van der Waals surface area contributed by atoms with Crippen molar-refractivity contribution in [3.63, 3.8) is 0 Å². The van der Waals surface area contributed by atoms with Gasteiger partial charge in [0, 0.05) is 18.3 Å². The molecule has 4 nitrogen and oxygen atoms in total. The van der Waals surface area contributed by atoms with E-state index in [-0.39, 0.29) is 0 Å². The van der Waals surface area contributed by atoms with E-state index in [1.165, 1.54) is 0 Å². The average Bonchev–Trinajstić information content (AvgIpc) is 2.58. The Balaban J connectivity index is 2.81. The van der Waals surface area contributed by atoms with E-state index in [2.05, 4.69) is 30.7 Å². The number of fused-ring (bicyclic) bond motifs is 1. The van der Waals surface area contributed by atoms with Crippen LogP contribution < -0.4 is 5.73 Å². The molecule has 0 atom stereocenters. The average molecular weight is 204 g/mol. The van der Waals surface area contributed by atoms with Gasteiger partial charge in [0.15, 0.2) is 0 Å². The van der Waals surface area contributed by atoms with Crippen molar-refractivity contribution >= 4 is 11.3 Å². The summed E-state index contributed by atoms with van der Waals surface area (Å²) in [6.45, 7) is 6.34. The predicted molar refractivity (Wildman–Crippen MR) is 60.9 cm³/mol. The SMILES string of the molecule is CCc1nc(C(C)C)n2ccnc(N)c12. The summed E-state index contributed by atoms with van der Waals surface area (Å²) < 4.78 is 2.05. The van der Waals surface area contributed by atoms with E-state index in [4.69, 9.17) is 5.73 Å². The Morgan fingerprint density at radius 2 is 2.20 bits per heavy atom. The Labute approximate surface area is 89.2 Å². The first-order chi connectivity index (χ1) is 7.15. The maximum atomic E-state index is 5.87. The van der Waals surface area contributed by atoms with Crippen molar-refractivity contribution < 1.29 is 0 Å². The number of imidazole rings is 1. The third-order valence-corrected chi connectivity index (χ3v) is 2.53. The number of hydrogen-bond donors (Lipinski definition) is 1. The summed E-state index contributed by atoms with van der Waals surface area (Å²) in [5, 5.41) is 0. The van der Waals surface area contributed by atoms with Crippen LogP contribution in [-0.2, 0) is 6.42 Å². The highest BCUT2D eigenvalue weighted by molar-refractivity contribution is 5.69. The topological polar surface area (TPSA) is 56.2 Å². The fourth-order valence-electron chi connectivity index (χ4n) is 1.82. The van der Waals surface area contributed by atoms with Crippen molar-refractivity contribution in [1.29, 1.82) is 0 Å². The molecule has 4 heteroatoms. The van der Waals surface area contributed by atoms with Crippen molar-refractivity contribution in [2.45, 2.75) is 33.1 Å². The monoisotopic (exact) mass is 204 g/mol. The van der Waals surface area contributed by atoms with E-state index in [1.807, 2.05) is 10.6 Å². The quantitative estimate of drug-likeness (QED) is 0.814. The second kappa shape index (κ2) is 3.53. The Kier molecular flexibility index (Phi) is 2.34. The van der Waals surface area contributed by atoms with E-state index >= 15 is 0 Å². The van der Waals surface area contributed by atoms with Gasteiger partial charge in [-0.1, -0.05) is 20.8 Å². The summed E-state index contributed by atoms with van der Waals surface area (Å²) in [5.41, 5.74) is 7.87. The number of anilines is 1. The third kappa shape index (κ3) is 1.46. The van der Waals surface area contributed by atoms with Gasteiger partial charge < -0.3 is 5.73 Å². The standard InChI is InChI=1S/C11H16N4/c1-4-8-9-10(12)13-5-6-15(9)11(14-8)7(2)3/h5-7H,4H2,1-3H3,(H2,12,13). The van der Waals surface area contributed by atoms with Crippen LogP contribution in [0.4, 0.5) is 5.82 Å². The minimum Gasteiger partial charge on any atom is -0.382 e. The van der Waals surface area contributed by atoms with Crippen LogP contribution in [0.1, 0.15) is 38.2 Å². The molecular weight excluding hydrogens is 188 g/mol. The van der Waals surface area contributed by atoms with Crippen LogP contribution in [-0.4, -0.2) is 14.4 Å². The van der Waals surface area contributed by atoms with Crippen molar-refractivity contribution in [3.8, 4) is 0 Å². The molecule has 2 heterocycles. The van der Waals surface area contributed by atoms with Crippen LogP contribution in [0, 0.1) is 0 Å². The smallest absolute Gasteiger partial charge is 0.149 e. The molecule has 0 spiro atoms. The zero-order valence-corrected chi connectivity index (χ0v) is 9.36. The van der Waals surface area contributed by atoms with E-state index in [1.54, 1.807) is 6.20 Å². The van der Waals surface area contributed by atoms with Gasteiger partial charge in [0.05, 0.1) is 5.69 Å². The van der Waals surface area contributed by atoms with E-state index in [0.29, 0.717) is 11.7 Å². The number of nitrogens with two attached hydrogens (primary N) is 1. The molecular formula is C11H16N4. The first kappa shape index (κ1) is 9.96. The summed E-state index contributed by atoms with van der Waals surface area (Å²) in [6.07, 6.45) is 4.52. The Bertz CT molecular complexity index is 485. The molecule has 2 rings (SSSR count). The van der Waals surface area contributed by atoms with Crippen LogP contribution in [0.2, 0.25) is 0 Å². The minimum absolute atomic E-state index is 0.389. The number of nitrogens with zero attached hydrogens (tertiary/aromatic N) is 3. The third-order valence-electron chi connectivity index (χ3n) is 2.53. The predicted octanol–water partition coefficient (Wildman–Crippen LogP) is 2.00. The molecule has 0 amide bonds. The fraction of sp³-hybridized carbons (Fsp3) is 0.455. The molecule has 15 heavy (non-hydrogen) atoms. The molecule has 0 aliphatic rings. The summed E-state index contributed by atoms with van der Waals surface area (Å²) in [7, 11) is 0. The number of hydrogen-bond acceptors (Lipinski definition) is 3. The molecule has 80 valence electrons. The van der Waals surface area contributed by atoms with E-state index in [9.17, 15) is 0 Å². The first-order valence-electron chi connectivity index (χ1n) is 5.26. The van der Waals surface area contributed by atoms with Crippen LogP contribution in [0.5, 0.6) is 0 Å². The molecule has 0 aliphatic heterocycles. The highest BCUT2D eigenvalue weighted by atomic mass is 15.1. The molecule has 0 saturated carbocycles. The zero-order valence-electron chi connectivity index (χ0n) is 9.36. The van der Waals surface area contributed by atoms with Crippen LogP contribution in [0.15, 0.2) is 12.4 Å². The highest BCUT2D eigenvalue weighted by Gasteiger charge is 2.14. The lowest BCUT2D eigenvalue weighted by molar-refractivity contribution is 0.765. The van der Waals surface area contributed by atoms with Gasteiger partial charge in [-0.05, 0) is 6.42 Å². The summed E-state index contributed by atoms with van der Waals surface area (Å²) >= 11 is 0. The molecule has 2 aromatic heterocycles. The number of aromatic nitrogens is 3. The van der Waals surface area contributed by atoms with Gasteiger partial charge in [0.2, 0.25) is 0 Å². The molecule has 0 fully saturated rings. The highest BCUT2D eigenvalue weighted by Crippen LogP contribution is 2.22. The van der Waals surface area contributed by atoms with Gasteiger partial charge in [0.25, 0.3) is 0 Å². The summed E-state index contributed by atoms with van der Waals surface area (Å²) in [4.78, 5) is 8.72. The lowest BCUT2D eigenvalue weighted by Crippen LogP contribution is -1.99. The Hall–Kier alpha value is -1.58. The van der Waals surface area contributed by atoms with Crippen molar-refractivity contribution in [2.75, 3.05) is 5.73 Å². The summed E-state index contributed by atoms with van der Waals surface area (Å²) in [6, 6.07) is 0. The largest absolute Gasteiger partial charge is 0.382 e. The van der Waals surface area contributed by atoms with Gasteiger partial charge >= 0.3 is 0 Å². The van der Waals surface area contributed by atoms with Gasteiger partial charge in [-0.2, -0.15) is 0 Å². The molecule has 0 saturated heterocycles. The Morgan fingerprint density at radius 1 is 1.47 bits per heavy atom. The van der Waals surface area contributed by atoms with E-state index in [0.717, 1.165) is 23.5 Å². The van der Waals surface area contributed by atoms with Crippen molar-refractivity contribution in [2.24, 2.45) is 0 Å². The normalized spacial score (nSPS) is 11.5. The number of rotatable bonds is 2. The number of aryl methyl sites for hydroxylation is 1. The van der Waals surface area contributed by atoms with Crippen LogP contribution in [0.25, 0.3) is 5.52 Å². The van der Waals surface area contributed by atoms with Crippen molar-refractivity contribution in [1.82, 2.24) is 14.4 Å². The molecule has 0 radical (unpaired) electrons. The molecule has 0 aromatic carbocycles.